The van der Waals surface area contributed by atoms with Gasteiger partial charge in [0.05, 0.1) is 5.92 Å². The molecule has 31 heavy (non-hydrogen) atoms. The summed E-state index contributed by atoms with van der Waals surface area (Å²) in [7, 11) is 0. The van der Waals surface area contributed by atoms with Gasteiger partial charge >= 0.3 is 12.2 Å². The van der Waals surface area contributed by atoms with Crippen LogP contribution in [0.15, 0.2) is 0 Å². The Morgan fingerprint density at radius 1 is 0.968 bits per heavy atom. The van der Waals surface area contributed by atoms with Crippen molar-refractivity contribution in [3.05, 3.63) is 0 Å². The van der Waals surface area contributed by atoms with E-state index in [1.807, 2.05) is 53.4 Å². The number of rotatable bonds is 4. The van der Waals surface area contributed by atoms with Gasteiger partial charge in [-0.15, -0.1) is 0 Å². The third-order valence-corrected chi connectivity index (χ3v) is 5.67. The monoisotopic (exact) mass is 439 g/mol. The van der Waals surface area contributed by atoms with E-state index in [9.17, 15) is 14.4 Å². The zero-order valence-corrected chi connectivity index (χ0v) is 20.3. The van der Waals surface area contributed by atoms with Crippen molar-refractivity contribution in [2.24, 2.45) is 11.8 Å². The maximum Gasteiger partial charge on any atom is 0.410 e. The smallest absolute Gasteiger partial charge is 0.410 e. The molecule has 3 atom stereocenters. The van der Waals surface area contributed by atoms with E-state index in [-0.39, 0.29) is 29.9 Å². The van der Waals surface area contributed by atoms with Gasteiger partial charge in [0.15, 0.2) is 0 Å². The number of nitrogens with one attached hydrogen (secondary N) is 1. The Labute approximate surface area is 187 Å². The molecule has 0 aromatic rings. The zero-order valence-electron chi connectivity index (χ0n) is 20.3. The van der Waals surface area contributed by atoms with Gasteiger partial charge in [-0.2, -0.15) is 0 Å². The highest BCUT2D eigenvalue weighted by molar-refractivity contribution is 5.81. The van der Waals surface area contributed by atoms with E-state index in [2.05, 4.69) is 5.32 Å². The van der Waals surface area contributed by atoms with E-state index in [0.29, 0.717) is 32.5 Å². The van der Waals surface area contributed by atoms with Gasteiger partial charge in [-0.25, -0.2) is 9.59 Å². The lowest BCUT2D eigenvalue weighted by atomic mass is 9.93. The largest absolute Gasteiger partial charge is 0.444 e. The van der Waals surface area contributed by atoms with Gasteiger partial charge in [0.25, 0.3) is 0 Å². The third kappa shape index (κ3) is 7.58. The normalized spacial score (nSPS) is 24.7. The van der Waals surface area contributed by atoms with Crippen LogP contribution in [0.4, 0.5) is 9.59 Å². The summed E-state index contributed by atoms with van der Waals surface area (Å²) in [4.78, 5) is 41.5. The van der Waals surface area contributed by atoms with Crippen LogP contribution in [-0.2, 0) is 14.3 Å². The molecule has 0 aliphatic carbocycles. The molecule has 0 spiro atoms. The van der Waals surface area contributed by atoms with Crippen molar-refractivity contribution in [2.75, 3.05) is 26.2 Å². The molecule has 2 rings (SSSR count). The Hall–Kier alpha value is -1.99. The molecular formula is C23H41N3O5. The van der Waals surface area contributed by atoms with Crippen molar-refractivity contribution in [1.29, 1.82) is 0 Å². The van der Waals surface area contributed by atoms with Gasteiger partial charge in [-0.05, 0) is 73.1 Å². The summed E-state index contributed by atoms with van der Waals surface area (Å²) >= 11 is 0. The lowest BCUT2D eigenvalue weighted by Gasteiger charge is -2.36. The molecule has 0 radical (unpaired) electrons. The molecule has 3 amide bonds. The minimum Gasteiger partial charge on any atom is -0.444 e. The first kappa shape index (κ1) is 25.3. The first-order valence-corrected chi connectivity index (χ1v) is 11.6. The number of likely N-dealkylation sites (tertiary alicyclic amines) is 2. The summed E-state index contributed by atoms with van der Waals surface area (Å²) < 4.78 is 10.8. The highest BCUT2D eigenvalue weighted by atomic mass is 16.6. The van der Waals surface area contributed by atoms with Crippen LogP contribution in [0.2, 0.25) is 0 Å². The van der Waals surface area contributed by atoms with Gasteiger partial charge in [0.2, 0.25) is 5.91 Å². The minimum absolute atomic E-state index is 0.111. The Morgan fingerprint density at radius 2 is 1.61 bits per heavy atom. The average molecular weight is 440 g/mol. The van der Waals surface area contributed by atoms with Crippen molar-refractivity contribution in [3.8, 4) is 0 Å². The summed E-state index contributed by atoms with van der Waals surface area (Å²) in [6.45, 7) is 15.4. The number of carbonyl (C=O) groups excluding carboxylic acids is 3. The Morgan fingerprint density at radius 3 is 2.19 bits per heavy atom. The number of alkyl carbamates (subject to hydrolysis) is 1. The minimum atomic E-state index is -0.557. The van der Waals surface area contributed by atoms with Crippen LogP contribution < -0.4 is 5.32 Å². The maximum atomic E-state index is 13.3. The summed E-state index contributed by atoms with van der Waals surface area (Å²) in [5, 5.41) is 2.83. The molecule has 0 saturated carbocycles. The second-order valence-electron chi connectivity index (χ2n) is 10.7. The number of nitrogens with zero attached hydrogens (tertiary/aromatic N) is 2. The topological polar surface area (TPSA) is 88.2 Å². The van der Waals surface area contributed by atoms with Crippen LogP contribution in [0, 0.1) is 11.8 Å². The second kappa shape index (κ2) is 10.1. The first-order chi connectivity index (χ1) is 14.3. The summed E-state index contributed by atoms with van der Waals surface area (Å²) in [5.74, 6) is 0.114. The number of hydrogen-bond acceptors (Lipinski definition) is 5. The molecule has 1 N–H and O–H groups in total. The van der Waals surface area contributed by atoms with Crippen LogP contribution in [0.3, 0.4) is 0 Å². The lowest BCUT2D eigenvalue weighted by Crippen LogP contribution is -2.49. The van der Waals surface area contributed by atoms with E-state index >= 15 is 0 Å². The number of ether oxygens (including phenoxy) is 2. The van der Waals surface area contributed by atoms with Gasteiger partial charge in [0, 0.05) is 32.2 Å². The third-order valence-electron chi connectivity index (χ3n) is 5.67. The van der Waals surface area contributed by atoms with E-state index in [1.165, 1.54) is 0 Å². The van der Waals surface area contributed by atoms with Crippen LogP contribution in [0.25, 0.3) is 0 Å². The summed E-state index contributed by atoms with van der Waals surface area (Å²) in [6, 6.07) is -0.136. The molecule has 3 unspecified atom stereocenters. The Kier molecular flexibility index (Phi) is 8.22. The molecule has 8 nitrogen and oxygen atoms in total. The van der Waals surface area contributed by atoms with Crippen molar-refractivity contribution < 1.29 is 23.9 Å². The fraction of sp³-hybridized carbons (Fsp3) is 0.870. The first-order valence-electron chi connectivity index (χ1n) is 11.6. The standard InChI is InChI=1S/C23H41N3O5/c1-8-18-17(11-13-26(18)21(29)31-23(5,6)7)19(27)25-12-9-10-16(15-25)14-24-20(28)30-22(2,3)4/h16-18H,8-15H2,1-7H3,(H,24,28). The van der Waals surface area contributed by atoms with Crippen molar-refractivity contribution in [3.63, 3.8) is 0 Å². The number of piperidine rings is 1. The van der Waals surface area contributed by atoms with E-state index in [1.54, 1.807) is 4.90 Å². The maximum absolute atomic E-state index is 13.3. The highest BCUT2D eigenvalue weighted by Gasteiger charge is 2.43. The van der Waals surface area contributed by atoms with Gasteiger partial charge in [-0.3, -0.25) is 4.79 Å². The van der Waals surface area contributed by atoms with Gasteiger partial charge in [0.1, 0.15) is 11.2 Å². The average Bonchev–Trinajstić information content (AvgIpc) is 3.07. The molecule has 2 saturated heterocycles. The van der Waals surface area contributed by atoms with E-state index in [4.69, 9.17) is 9.47 Å². The second-order valence-corrected chi connectivity index (χ2v) is 10.7. The molecule has 2 aliphatic rings. The Balaban J connectivity index is 1.93. The fourth-order valence-electron chi connectivity index (χ4n) is 4.40. The predicted molar refractivity (Wildman–Crippen MR) is 119 cm³/mol. The molecule has 2 aliphatic heterocycles. The quantitative estimate of drug-likeness (QED) is 0.720. The molecule has 8 heteroatoms. The molecule has 0 aromatic heterocycles. The van der Waals surface area contributed by atoms with Crippen LogP contribution in [0.5, 0.6) is 0 Å². The van der Waals surface area contributed by atoms with Crippen LogP contribution in [0.1, 0.15) is 74.1 Å². The molecule has 0 bridgehead atoms. The van der Waals surface area contributed by atoms with Crippen LogP contribution >= 0.6 is 0 Å². The molecule has 2 heterocycles. The van der Waals surface area contributed by atoms with Crippen molar-refractivity contribution in [2.45, 2.75) is 91.4 Å². The van der Waals surface area contributed by atoms with Gasteiger partial charge in [-0.1, -0.05) is 6.92 Å². The van der Waals surface area contributed by atoms with Gasteiger partial charge < -0.3 is 24.6 Å². The molecular weight excluding hydrogens is 398 g/mol. The molecule has 0 aromatic carbocycles. The highest BCUT2D eigenvalue weighted by Crippen LogP contribution is 2.31. The summed E-state index contributed by atoms with van der Waals surface area (Å²) in [5.41, 5.74) is -1.09. The fourth-order valence-corrected chi connectivity index (χ4v) is 4.40. The SMILES string of the molecule is CCC1C(C(=O)N2CCCC(CNC(=O)OC(C)(C)C)C2)CCN1C(=O)OC(C)(C)C. The zero-order chi connectivity index (χ0) is 23.4. The predicted octanol–water partition coefficient (Wildman–Crippen LogP) is 3.79. The van der Waals surface area contributed by atoms with Crippen LogP contribution in [-0.4, -0.2) is 71.3 Å². The Bertz CT molecular complexity index is 653. The lowest BCUT2D eigenvalue weighted by molar-refractivity contribution is -0.138. The number of hydrogen-bond donors (Lipinski definition) is 1. The van der Waals surface area contributed by atoms with Crippen molar-refractivity contribution >= 4 is 18.1 Å². The number of amides is 3. The summed E-state index contributed by atoms with van der Waals surface area (Å²) in [6.07, 6.45) is 2.48. The van der Waals surface area contributed by atoms with E-state index in [0.717, 1.165) is 19.4 Å². The number of carbonyl (C=O) groups is 3. The van der Waals surface area contributed by atoms with Crippen molar-refractivity contribution in [1.82, 2.24) is 15.1 Å². The molecule has 178 valence electrons. The van der Waals surface area contributed by atoms with E-state index < -0.39 is 17.3 Å². The molecule has 2 fully saturated rings.